The first-order valence-electron chi connectivity index (χ1n) is 16.6. The molecule has 0 spiro atoms. The Labute approximate surface area is 334 Å². The molecule has 0 aromatic heterocycles. The molecule has 3 aromatic rings. The van der Waals surface area contributed by atoms with Crippen LogP contribution in [0.2, 0.25) is 5.02 Å². The van der Waals surface area contributed by atoms with Crippen molar-refractivity contribution in [1.82, 2.24) is 0 Å². The van der Waals surface area contributed by atoms with E-state index in [1.165, 1.54) is 32.4 Å². The molecule has 3 aromatic carbocycles. The van der Waals surface area contributed by atoms with Gasteiger partial charge in [-0.15, -0.1) is 0 Å². The SMILES string of the molecule is CC1(C)C(/C=C(\Cl)c2ccc(Cl)cc2)C1C(=O)OC(C#N)c1ccc(F)c(Oc2ccccc2)c1.CCOC(=O)CC(SP(=S)(OC)OC)C(=O)OCC. The zero-order valence-electron chi connectivity index (χ0n) is 30.5. The van der Waals surface area contributed by atoms with Crippen LogP contribution in [0.3, 0.4) is 0 Å². The van der Waals surface area contributed by atoms with Crippen molar-refractivity contribution in [3.05, 3.63) is 101 Å². The molecule has 16 heteroatoms. The average molecular weight is 841 g/mol. The van der Waals surface area contributed by atoms with E-state index in [0.717, 1.165) is 16.9 Å². The van der Waals surface area contributed by atoms with Crippen molar-refractivity contribution in [2.75, 3.05) is 27.4 Å². The second kappa shape index (κ2) is 21.0. The Balaban J connectivity index is 0.000000352. The molecule has 4 atom stereocenters. The first-order valence-corrected chi connectivity index (χ1v) is 21.5. The van der Waals surface area contributed by atoms with Crippen molar-refractivity contribution >= 4 is 75.0 Å². The molecule has 1 aliphatic rings. The number of nitrogens with zero attached hydrogens (tertiary/aromatic N) is 1. The second-order valence-corrected chi connectivity index (χ2v) is 19.5. The highest BCUT2D eigenvalue weighted by atomic mass is 35.5. The van der Waals surface area contributed by atoms with Gasteiger partial charge in [-0.25, -0.2) is 4.39 Å². The Morgan fingerprint density at radius 2 is 1.65 bits per heavy atom. The molecule has 4 unspecified atom stereocenters. The fraction of sp³-hybridized carbons (Fsp3) is 0.368. The Morgan fingerprint density at radius 1 is 1.02 bits per heavy atom. The molecule has 54 heavy (non-hydrogen) atoms. The maximum Gasteiger partial charge on any atom is 0.320 e. The third kappa shape index (κ3) is 12.8. The molecule has 1 aliphatic carbocycles. The maximum atomic E-state index is 14.3. The number of para-hydroxylation sites is 1. The van der Waals surface area contributed by atoms with E-state index < -0.39 is 52.1 Å². The molecule has 0 aliphatic heterocycles. The summed E-state index contributed by atoms with van der Waals surface area (Å²) >= 11 is 18.6. The molecule has 0 heterocycles. The van der Waals surface area contributed by atoms with E-state index in [0.29, 0.717) is 21.4 Å². The summed E-state index contributed by atoms with van der Waals surface area (Å²) in [6, 6.07) is 21.7. The molecule has 0 bridgehead atoms. The van der Waals surface area contributed by atoms with Crippen molar-refractivity contribution < 1.29 is 46.8 Å². The van der Waals surface area contributed by atoms with Gasteiger partial charge in [0.25, 0.3) is 0 Å². The van der Waals surface area contributed by atoms with E-state index in [4.69, 9.17) is 63.0 Å². The van der Waals surface area contributed by atoms with E-state index in [-0.39, 0.29) is 31.3 Å². The predicted octanol–water partition coefficient (Wildman–Crippen LogP) is 10.1. The van der Waals surface area contributed by atoms with Crippen LogP contribution in [0.4, 0.5) is 4.39 Å². The highest BCUT2D eigenvalue weighted by molar-refractivity contribution is 8.68. The third-order valence-electron chi connectivity index (χ3n) is 8.10. The second-order valence-electron chi connectivity index (χ2n) is 12.1. The average Bonchev–Trinajstić information content (AvgIpc) is 3.70. The van der Waals surface area contributed by atoms with Crippen molar-refractivity contribution in [3.8, 4) is 17.6 Å². The van der Waals surface area contributed by atoms with E-state index in [9.17, 15) is 24.0 Å². The van der Waals surface area contributed by atoms with Gasteiger partial charge in [-0.3, -0.25) is 14.4 Å². The lowest BCUT2D eigenvalue weighted by atomic mass is 10.1. The first kappa shape index (κ1) is 44.9. The van der Waals surface area contributed by atoms with Gasteiger partial charge in [-0.05, 0) is 78.9 Å². The number of rotatable bonds is 16. The summed E-state index contributed by atoms with van der Waals surface area (Å²) in [5, 5.41) is 10.0. The number of hydrogen-bond acceptors (Lipinski definition) is 12. The van der Waals surface area contributed by atoms with Gasteiger partial charge in [-0.1, -0.05) is 90.9 Å². The first-order chi connectivity index (χ1) is 25.6. The Morgan fingerprint density at radius 3 is 2.22 bits per heavy atom. The maximum absolute atomic E-state index is 14.3. The van der Waals surface area contributed by atoms with Crippen LogP contribution in [0.5, 0.6) is 11.5 Å². The van der Waals surface area contributed by atoms with Gasteiger partial charge >= 0.3 is 17.9 Å². The van der Waals surface area contributed by atoms with Crippen LogP contribution in [-0.2, 0) is 49.4 Å². The Kier molecular flexibility index (Phi) is 17.5. The molecule has 1 saturated carbocycles. The van der Waals surface area contributed by atoms with Gasteiger partial charge in [0.15, 0.2) is 11.6 Å². The minimum Gasteiger partial charge on any atom is -0.466 e. The van der Waals surface area contributed by atoms with Crippen LogP contribution < -0.4 is 4.74 Å². The topological polar surface area (TPSA) is 130 Å². The third-order valence-corrected chi connectivity index (χ3v) is 14.6. The van der Waals surface area contributed by atoms with Gasteiger partial charge < -0.3 is 28.0 Å². The zero-order chi connectivity index (χ0) is 40.1. The number of hydrogen-bond donors (Lipinski definition) is 0. The summed E-state index contributed by atoms with van der Waals surface area (Å²) in [6.07, 6.45) is 0.499. The summed E-state index contributed by atoms with van der Waals surface area (Å²) in [5.74, 6) is -2.37. The van der Waals surface area contributed by atoms with Crippen molar-refractivity contribution in [3.63, 3.8) is 0 Å². The number of carbonyl (C=O) groups is 3. The van der Waals surface area contributed by atoms with E-state index in [1.54, 1.807) is 62.4 Å². The minimum atomic E-state index is -2.65. The van der Waals surface area contributed by atoms with Crippen LogP contribution in [0, 0.1) is 34.4 Å². The fourth-order valence-electron chi connectivity index (χ4n) is 5.12. The standard InChI is InChI=1S/C28H22Cl2FNO3.C10H19O6PS2/c1-28(2)21(15-22(30)17-8-11-19(29)12-9-17)26(28)27(33)35-25(16-32)18-10-13-23(31)24(14-18)34-20-6-4-3-5-7-20;1-5-15-9(11)7-8(10(12)16-6-2)19-17(18,13-3)14-4/h3-15,21,25-26H,1-2H3;8H,5-7H2,1-4H3/b22-15-;. The molecule has 290 valence electrons. The van der Waals surface area contributed by atoms with Gasteiger partial charge in [0.1, 0.15) is 17.1 Å². The van der Waals surface area contributed by atoms with Gasteiger partial charge in [0, 0.05) is 29.8 Å². The summed E-state index contributed by atoms with van der Waals surface area (Å²) in [6.45, 7) is 7.74. The molecule has 1 fully saturated rings. The molecule has 10 nitrogen and oxygen atoms in total. The number of halogens is 3. The zero-order valence-corrected chi connectivity index (χ0v) is 34.5. The lowest BCUT2D eigenvalue weighted by Gasteiger charge is -2.21. The smallest absolute Gasteiger partial charge is 0.320 e. The number of allylic oxidation sites excluding steroid dienone is 1. The lowest BCUT2D eigenvalue weighted by molar-refractivity contribution is -0.149. The predicted molar refractivity (Wildman–Crippen MR) is 211 cm³/mol. The van der Waals surface area contributed by atoms with Gasteiger partial charge in [0.05, 0.1) is 25.6 Å². The number of ether oxygens (including phenoxy) is 4. The van der Waals surface area contributed by atoms with Crippen molar-refractivity contribution in [1.29, 1.82) is 5.26 Å². The van der Waals surface area contributed by atoms with Crippen LogP contribution in [0.15, 0.2) is 78.9 Å². The minimum absolute atomic E-state index is 0.0627. The molecular formula is C38H41Cl2FNO9PS2. The summed E-state index contributed by atoms with van der Waals surface area (Å²) in [7, 11) is 2.81. The monoisotopic (exact) mass is 839 g/mol. The number of esters is 3. The van der Waals surface area contributed by atoms with E-state index in [1.807, 2.05) is 32.1 Å². The van der Waals surface area contributed by atoms with E-state index in [2.05, 4.69) is 0 Å². The largest absolute Gasteiger partial charge is 0.466 e. The van der Waals surface area contributed by atoms with Crippen molar-refractivity contribution in [2.45, 2.75) is 45.5 Å². The summed E-state index contributed by atoms with van der Waals surface area (Å²) < 4.78 is 45.4. The molecule has 0 amide bonds. The van der Waals surface area contributed by atoms with Gasteiger partial charge in [0.2, 0.25) is 11.8 Å². The van der Waals surface area contributed by atoms with Crippen LogP contribution in [-0.4, -0.2) is 50.6 Å². The number of benzene rings is 3. The highest BCUT2D eigenvalue weighted by Crippen LogP contribution is 2.62. The number of nitriles is 1. The quantitative estimate of drug-likeness (QED) is 0.0773. The molecular weight excluding hydrogens is 799 g/mol. The van der Waals surface area contributed by atoms with Crippen LogP contribution in [0.25, 0.3) is 5.03 Å². The highest BCUT2D eigenvalue weighted by Gasteiger charge is 2.62. The summed E-state index contributed by atoms with van der Waals surface area (Å²) in [4.78, 5) is 36.3. The summed E-state index contributed by atoms with van der Waals surface area (Å²) in [5.41, 5.74) is -1.94. The molecule has 0 saturated heterocycles. The molecule has 0 N–H and O–H groups in total. The fourth-order valence-corrected chi connectivity index (χ4v) is 9.38. The molecule has 4 rings (SSSR count). The molecule has 0 radical (unpaired) electrons. The Bertz CT molecular complexity index is 1870. The Hall–Kier alpha value is -3.47. The van der Waals surface area contributed by atoms with Gasteiger partial charge in [-0.2, -0.15) is 5.26 Å². The van der Waals surface area contributed by atoms with Crippen LogP contribution in [0.1, 0.15) is 51.3 Å². The number of carbonyl (C=O) groups excluding carboxylic acids is 3. The van der Waals surface area contributed by atoms with Crippen LogP contribution >= 0.6 is 40.3 Å². The normalized spacial score (nSPS) is 17.1. The van der Waals surface area contributed by atoms with E-state index >= 15 is 0 Å². The lowest BCUT2D eigenvalue weighted by Crippen LogP contribution is -2.24. The van der Waals surface area contributed by atoms with Crippen molar-refractivity contribution in [2.24, 2.45) is 17.3 Å².